The summed E-state index contributed by atoms with van der Waals surface area (Å²) in [6, 6.07) is 5.62. The molecule has 0 saturated heterocycles. The molecule has 5 rings (SSSR count). The zero-order valence-electron chi connectivity index (χ0n) is 17.8. The smallest absolute Gasteiger partial charge is 0.293 e. The van der Waals surface area contributed by atoms with Gasteiger partial charge in [-0.1, -0.05) is 6.07 Å². The number of benzene rings is 1. The first-order chi connectivity index (χ1) is 14.9. The molecule has 162 valence electrons. The third-order valence-electron chi connectivity index (χ3n) is 5.78. The summed E-state index contributed by atoms with van der Waals surface area (Å²) in [7, 11) is 0. The number of aryl methyl sites for hydroxylation is 2. The molecule has 31 heavy (non-hydrogen) atoms. The molecular formula is C22H25N5O4. The standard InChI is InChI=1S/C22H25N5O4/c1-12(15-4-7-17-18(10-15)31-9-8-30-17)23-19(28)11-26-22(29)21-20(13(2)24-26)14(3)25-27(21)16-5-6-16/h4,7,10,12,16H,5-6,8-9,11H2,1-3H3,(H,23,28). The number of carbonyl (C=O) groups is 1. The van der Waals surface area contributed by atoms with Crippen molar-refractivity contribution >= 4 is 16.8 Å². The first kappa shape index (κ1) is 19.6. The van der Waals surface area contributed by atoms with E-state index in [0.717, 1.165) is 29.5 Å². The Morgan fingerprint density at radius 2 is 1.87 bits per heavy atom. The third-order valence-corrected chi connectivity index (χ3v) is 5.78. The quantitative estimate of drug-likeness (QED) is 0.675. The summed E-state index contributed by atoms with van der Waals surface area (Å²) in [5, 5.41) is 12.7. The van der Waals surface area contributed by atoms with Crippen LogP contribution in [-0.4, -0.2) is 38.7 Å². The minimum Gasteiger partial charge on any atom is -0.486 e. The van der Waals surface area contributed by atoms with Gasteiger partial charge in [-0.3, -0.25) is 14.3 Å². The van der Waals surface area contributed by atoms with Crippen LogP contribution in [0.4, 0.5) is 0 Å². The van der Waals surface area contributed by atoms with Gasteiger partial charge >= 0.3 is 0 Å². The van der Waals surface area contributed by atoms with Crippen molar-refractivity contribution < 1.29 is 14.3 Å². The van der Waals surface area contributed by atoms with Gasteiger partial charge in [0.25, 0.3) is 5.56 Å². The third kappa shape index (κ3) is 3.54. The maximum atomic E-state index is 13.1. The number of hydrogen-bond acceptors (Lipinski definition) is 6. The Morgan fingerprint density at radius 1 is 1.16 bits per heavy atom. The van der Waals surface area contributed by atoms with E-state index in [-0.39, 0.29) is 30.1 Å². The van der Waals surface area contributed by atoms with Crippen LogP contribution in [0, 0.1) is 13.8 Å². The predicted octanol–water partition coefficient (Wildman–Crippen LogP) is 2.19. The van der Waals surface area contributed by atoms with Crippen LogP contribution in [0.3, 0.4) is 0 Å². The van der Waals surface area contributed by atoms with E-state index >= 15 is 0 Å². The fourth-order valence-electron chi connectivity index (χ4n) is 4.11. The van der Waals surface area contributed by atoms with Gasteiger partial charge in [-0.05, 0) is 51.3 Å². The summed E-state index contributed by atoms with van der Waals surface area (Å²) in [6.45, 7) is 6.51. The van der Waals surface area contributed by atoms with Gasteiger partial charge in [0.15, 0.2) is 11.5 Å². The fourth-order valence-corrected chi connectivity index (χ4v) is 4.11. The Morgan fingerprint density at radius 3 is 2.61 bits per heavy atom. The van der Waals surface area contributed by atoms with E-state index in [9.17, 15) is 9.59 Å². The van der Waals surface area contributed by atoms with Crippen molar-refractivity contribution in [2.24, 2.45) is 0 Å². The van der Waals surface area contributed by atoms with Crippen LogP contribution in [0.2, 0.25) is 0 Å². The largest absolute Gasteiger partial charge is 0.486 e. The maximum Gasteiger partial charge on any atom is 0.293 e. The number of aromatic nitrogens is 4. The van der Waals surface area contributed by atoms with Crippen molar-refractivity contribution in [3.8, 4) is 11.5 Å². The number of hydrogen-bond donors (Lipinski definition) is 1. The second-order valence-corrected chi connectivity index (χ2v) is 8.23. The molecule has 3 aromatic rings. The summed E-state index contributed by atoms with van der Waals surface area (Å²) >= 11 is 0. The lowest BCUT2D eigenvalue weighted by Gasteiger charge is -2.21. The molecule has 1 aliphatic heterocycles. The number of fused-ring (bicyclic) bond motifs is 2. The Kier molecular flexibility index (Phi) is 4.68. The minimum atomic E-state index is -0.287. The van der Waals surface area contributed by atoms with Gasteiger partial charge in [-0.25, -0.2) is 4.68 Å². The van der Waals surface area contributed by atoms with Crippen LogP contribution in [0.25, 0.3) is 10.9 Å². The number of ether oxygens (including phenoxy) is 2. The normalized spacial score (nSPS) is 16.4. The highest BCUT2D eigenvalue weighted by Gasteiger charge is 2.29. The van der Waals surface area contributed by atoms with E-state index in [0.29, 0.717) is 35.9 Å². The summed E-state index contributed by atoms with van der Waals surface area (Å²) < 4.78 is 14.2. The number of nitrogens with zero attached hydrogens (tertiary/aromatic N) is 4. The molecule has 3 heterocycles. The average molecular weight is 423 g/mol. The maximum absolute atomic E-state index is 13.1. The van der Waals surface area contributed by atoms with Crippen molar-refractivity contribution in [1.82, 2.24) is 24.9 Å². The van der Waals surface area contributed by atoms with Gasteiger partial charge < -0.3 is 14.8 Å². The Balaban J connectivity index is 1.37. The highest BCUT2D eigenvalue weighted by molar-refractivity contribution is 5.83. The minimum absolute atomic E-state index is 0.153. The van der Waals surface area contributed by atoms with E-state index in [4.69, 9.17) is 9.47 Å². The molecule has 0 spiro atoms. The fraction of sp³-hybridized carbons (Fsp3) is 0.455. The van der Waals surface area contributed by atoms with Crippen LogP contribution >= 0.6 is 0 Å². The van der Waals surface area contributed by atoms with Gasteiger partial charge in [0.2, 0.25) is 5.91 Å². The SMILES string of the molecule is Cc1nn(CC(=O)NC(C)c2ccc3c(c2)OCCO3)c(=O)c2c1c(C)nn2C1CC1. The van der Waals surface area contributed by atoms with Crippen molar-refractivity contribution in [2.45, 2.75) is 52.2 Å². The number of nitrogens with one attached hydrogen (secondary N) is 1. The lowest BCUT2D eigenvalue weighted by molar-refractivity contribution is -0.122. The van der Waals surface area contributed by atoms with E-state index in [1.807, 2.05) is 43.7 Å². The molecule has 1 aliphatic carbocycles. The number of amides is 1. The lowest BCUT2D eigenvalue weighted by Crippen LogP contribution is -2.35. The summed E-state index contributed by atoms with van der Waals surface area (Å²) in [4.78, 5) is 25.9. The van der Waals surface area contributed by atoms with Crippen molar-refractivity contribution in [2.75, 3.05) is 13.2 Å². The first-order valence-electron chi connectivity index (χ1n) is 10.6. The molecule has 9 heteroatoms. The molecule has 1 saturated carbocycles. The molecule has 1 amide bonds. The van der Waals surface area contributed by atoms with Crippen LogP contribution in [-0.2, 0) is 11.3 Å². The lowest BCUT2D eigenvalue weighted by atomic mass is 10.1. The molecule has 1 unspecified atom stereocenters. The second kappa shape index (κ2) is 7.40. The number of rotatable bonds is 5. The van der Waals surface area contributed by atoms with Crippen molar-refractivity contribution in [1.29, 1.82) is 0 Å². The molecule has 0 bridgehead atoms. The van der Waals surface area contributed by atoms with E-state index in [2.05, 4.69) is 15.5 Å². The van der Waals surface area contributed by atoms with Crippen LogP contribution < -0.4 is 20.3 Å². The monoisotopic (exact) mass is 423 g/mol. The molecule has 9 nitrogen and oxygen atoms in total. The molecule has 1 fully saturated rings. The van der Waals surface area contributed by atoms with E-state index in [1.165, 1.54) is 4.68 Å². The van der Waals surface area contributed by atoms with Crippen LogP contribution in [0.5, 0.6) is 11.5 Å². The average Bonchev–Trinajstić information content (AvgIpc) is 3.53. The molecular weight excluding hydrogens is 398 g/mol. The summed E-state index contributed by atoms with van der Waals surface area (Å²) in [6.07, 6.45) is 2.04. The first-order valence-corrected chi connectivity index (χ1v) is 10.6. The van der Waals surface area contributed by atoms with Crippen LogP contribution in [0.15, 0.2) is 23.0 Å². The van der Waals surface area contributed by atoms with E-state index < -0.39 is 0 Å². The van der Waals surface area contributed by atoms with Gasteiger partial charge in [-0.15, -0.1) is 0 Å². The van der Waals surface area contributed by atoms with Crippen LogP contribution in [0.1, 0.15) is 48.8 Å². The summed E-state index contributed by atoms with van der Waals surface area (Å²) in [5.74, 6) is 1.09. The molecule has 1 N–H and O–H groups in total. The summed E-state index contributed by atoms with van der Waals surface area (Å²) in [5.41, 5.74) is 2.65. The van der Waals surface area contributed by atoms with E-state index in [1.54, 1.807) is 0 Å². The topological polar surface area (TPSA) is 100 Å². The van der Waals surface area contributed by atoms with Gasteiger partial charge in [0.05, 0.1) is 28.9 Å². The molecule has 2 aliphatic rings. The highest BCUT2D eigenvalue weighted by Crippen LogP contribution is 2.37. The Hall–Kier alpha value is -3.36. The van der Waals surface area contributed by atoms with Crippen molar-refractivity contribution in [3.63, 3.8) is 0 Å². The predicted molar refractivity (Wildman–Crippen MR) is 114 cm³/mol. The zero-order chi connectivity index (χ0) is 21.7. The molecule has 0 radical (unpaired) electrons. The second-order valence-electron chi connectivity index (χ2n) is 8.23. The Bertz CT molecular complexity index is 1240. The highest BCUT2D eigenvalue weighted by atomic mass is 16.6. The van der Waals surface area contributed by atoms with Gasteiger partial charge in [-0.2, -0.15) is 10.2 Å². The molecule has 1 atom stereocenters. The van der Waals surface area contributed by atoms with Gasteiger partial charge in [0.1, 0.15) is 25.3 Å². The van der Waals surface area contributed by atoms with Crippen molar-refractivity contribution in [3.05, 3.63) is 45.5 Å². The Labute approximate surface area is 178 Å². The number of carbonyl (C=O) groups excluding carboxylic acids is 1. The molecule has 2 aromatic heterocycles. The zero-order valence-corrected chi connectivity index (χ0v) is 17.8. The molecule has 1 aromatic carbocycles. The van der Waals surface area contributed by atoms with Gasteiger partial charge in [0, 0.05) is 0 Å².